The van der Waals surface area contributed by atoms with Gasteiger partial charge in [-0.15, -0.1) is 0 Å². The fourth-order valence-electron chi connectivity index (χ4n) is 2.73. The van der Waals surface area contributed by atoms with E-state index in [0.717, 1.165) is 39.4 Å². The lowest BCUT2D eigenvalue weighted by Gasteiger charge is -2.10. The molecule has 4 nitrogen and oxygen atoms in total. The lowest BCUT2D eigenvalue weighted by atomic mass is 10.1. The number of rotatable bonds is 3. The Morgan fingerprint density at radius 3 is 2.40 bits per heavy atom. The van der Waals surface area contributed by atoms with Crippen LogP contribution in [0.3, 0.4) is 0 Å². The summed E-state index contributed by atoms with van der Waals surface area (Å²) in [5.41, 5.74) is 13.2. The van der Waals surface area contributed by atoms with Crippen molar-refractivity contribution in [3.63, 3.8) is 0 Å². The normalized spacial score (nSPS) is 10.8. The molecule has 0 aliphatic rings. The van der Waals surface area contributed by atoms with E-state index in [1.807, 2.05) is 48.7 Å². The van der Waals surface area contributed by atoms with E-state index in [4.69, 9.17) is 10.7 Å². The summed E-state index contributed by atoms with van der Waals surface area (Å²) in [6.07, 6.45) is 1.82. The van der Waals surface area contributed by atoms with Gasteiger partial charge in [0.05, 0.1) is 23.1 Å². The fourth-order valence-corrected chi connectivity index (χ4v) is 2.73. The first kappa shape index (κ1) is 15.1. The Kier molecular flexibility index (Phi) is 3.78. The van der Waals surface area contributed by atoms with Crippen LogP contribution < -0.4 is 11.1 Å². The second kappa shape index (κ2) is 6.24. The number of nitrogens with two attached hydrogens (primary N) is 1. The maximum absolute atomic E-state index is 5.74. The predicted octanol–water partition coefficient (Wildman–Crippen LogP) is 4.93. The number of hydrogen-bond donors (Lipinski definition) is 2. The van der Waals surface area contributed by atoms with Gasteiger partial charge in [0.2, 0.25) is 0 Å². The number of aryl methyl sites for hydroxylation is 1. The highest BCUT2D eigenvalue weighted by atomic mass is 14.9. The van der Waals surface area contributed by atoms with Crippen molar-refractivity contribution in [1.29, 1.82) is 0 Å². The van der Waals surface area contributed by atoms with Crippen molar-refractivity contribution in [3.8, 4) is 11.3 Å². The monoisotopic (exact) mass is 326 g/mol. The van der Waals surface area contributed by atoms with E-state index in [1.54, 1.807) is 0 Å². The summed E-state index contributed by atoms with van der Waals surface area (Å²) < 4.78 is 0. The third-order valence-electron chi connectivity index (χ3n) is 4.11. The van der Waals surface area contributed by atoms with Crippen molar-refractivity contribution < 1.29 is 0 Å². The van der Waals surface area contributed by atoms with E-state index >= 15 is 0 Å². The SMILES string of the molecule is Cc1ccc(-c2cnc3c(Nc4ccc(N)cc4)cccc3n2)cc1. The second-order valence-corrected chi connectivity index (χ2v) is 6.04. The van der Waals surface area contributed by atoms with Gasteiger partial charge in [0.15, 0.2) is 0 Å². The molecule has 25 heavy (non-hydrogen) atoms. The average Bonchev–Trinajstić information content (AvgIpc) is 2.64. The smallest absolute Gasteiger partial charge is 0.112 e. The Morgan fingerprint density at radius 2 is 1.64 bits per heavy atom. The number of benzene rings is 3. The molecule has 0 amide bonds. The summed E-state index contributed by atoms with van der Waals surface area (Å²) in [4.78, 5) is 9.41. The minimum Gasteiger partial charge on any atom is -0.399 e. The van der Waals surface area contributed by atoms with Gasteiger partial charge in [-0.25, -0.2) is 4.98 Å². The number of aromatic nitrogens is 2. The molecule has 0 fully saturated rings. The van der Waals surface area contributed by atoms with E-state index in [2.05, 4.69) is 41.5 Å². The number of para-hydroxylation sites is 1. The zero-order valence-electron chi connectivity index (χ0n) is 13.9. The minimum atomic E-state index is 0.742. The first-order chi connectivity index (χ1) is 12.2. The third kappa shape index (κ3) is 3.15. The van der Waals surface area contributed by atoms with Crippen LogP contribution in [-0.4, -0.2) is 9.97 Å². The summed E-state index contributed by atoms with van der Waals surface area (Å²) in [5.74, 6) is 0. The van der Waals surface area contributed by atoms with E-state index < -0.39 is 0 Å². The Morgan fingerprint density at radius 1 is 0.880 bits per heavy atom. The van der Waals surface area contributed by atoms with Crippen molar-refractivity contribution in [3.05, 3.63) is 78.5 Å². The number of hydrogen-bond acceptors (Lipinski definition) is 4. The maximum Gasteiger partial charge on any atom is 0.112 e. The van der Waals surface area contributed by atoms with Crippen LogP contribution >= 0.6 is 0 Å². The lowest BCUT2D eigenvalue weighted by molar-refractivity contribution is 1.29. The van der Waals surface area contributed by atoms with Gasteiger partial charge in [-0.05, 0) is 43.3 Å². The maximum atomic E-state index is 5.74. The Labute approximate surface area is 146 Å². The lowest BCUT2D eigenvalue weighted by Crippen LogP contribution is -1.95. The number of nitrogen functional groups attached to an aromatic ring is 1. The van der Waals surface area contributed by atoms with Gasteiger partial charge in [-0.3, -0.25) is 4.98 Å². The summed E-state index contributed by atoms with van der Waals surface area (Å²) in [6, 6.07) is 21.9. The Hall–Kier alpha value is -3.40. The summed E-state index contributed by atoms with van der Waals surface area (Å²) in [7, 11) is 0. The highest BCUT2D eigenvalue weighted by Crippen LogP contribution is 2.26. The number of nitrogens with one attached hydrogen (secondary N) is 1. The minimum absolute atomic E-state index is 0.742. The highest BCUT2D eigenvalue weighted by Gasteiger charge is 2.07. The molecule has 0 spiro atoms. The predicted molar refractivity (Wildman–Crippen MR) is 104 cm³/mol. The number of nitrogens with zero attached hydrogens (tertiary/aromatic N) is 2. The van der Waals surface area contributed by atoms with Gasteiger partial charge >= 0.3 is 0 Å². The molecule has 3 N–H and O–H groups in total. The molecule has 4 aromatic rings. The molecule has 0 bridgehead atoms. The number of anilines is 3. The first-order valence-electron chi connectivity index (χ1n) is 8.14. The Balaban J connectivity index is 1.72. The quantitative estimate of drug-likeness (QED) is 0.524. The number of fused-ring (bicyclic) bond motifs is 1. The van der Waals surface area contributed by atoms with Crippen molar-refractivity contribution in [1.82, 2.24) is 9.97 Å². The van der Waals surface area contributed by atoms with Crippen LogP contribution in [0.2, 0.25) is 0 Å². The van der Waals surface area contributed by atoms with Crippen molar-refractivity contribution >= 4 is 28.1 Å². The molecule has 0 aliphatic carbocycles. The summed E-state index contributed by atoms with van der Waals surface area (Å²) in [6.45, 7) is 2.07. The van der Waals surface area contributed by atoms with Crippen LogP contribution in [0.25, 0.3) is 22.3 Å². The molecule has 0 radical (unpaired) electrons. The standard InChI is InChI=1S/C21H18N4/c1-14-5-7-15(8-6-14)20-13-23-21-18(3-2-4-19(21)25-20)24-17-11-9-16(22)10-12-17/h2-13,24H,22H2,1H3. The molecular weight excluding hydrogens is 308 g/mol. The van der Waals surface area contributed by atoms with Crippen LogP contribution in [0.4, 0.5) is 17.1 Å². The molecule has 4 rings (SSSR count). The van der Waals surface area contributed by atoms with Crippen molar-refractivity contribution in [2.24, 2.45) is 0 Å². The Bertz CT molecular complexity index is 1020. The summed E-state index contributed by atoms with van der Waals surface area (Å²) >= 11 is 0. The van der Waals surface area contributed by atoms with Crippen LogP contribution in [0.1, 0.15) is 5.56 Å². The van der Waals surface area contributed by atoms with Crippen molar-refractivity contribution in [2.45, 2.75) is 6.92 Å². The molecule has 0 saturated carbocycles. The molecule has 4 heteroatoms. The van der Waals surface area contributed by atoms with Gasteiger partial charge in [-0.1, -0.05) is 35.9 Å². The van der Waals surface area contributed by atoms with Gasteiger partial charge in [0.1, 0.15) is 5.52 Å². The van der Waals surface area contributed by atoms with Gasteiger partial charge in [-0.2, -0.15) is 0 Å². The molecule has 0 atom stereocenters. The van der Waals surface area contributed by atoms with E-state index in [0.29, 0.717) is 0 Å². The van der Waals surface area contributed by atoms with E-state index in [1.165, 1.54) is 5.56 Å². The fraction of sp³-hybridized carbons (Fsp3) is 0.0476. The zero-order chi connectivity index (χ0) is 17.2. The molecule has 1 aromatic heterocycles. The third-order valence-corrected chi connectivity index (χ3v) is 4.11. The first-order valence-corrected chi connectivity index (χ1v) is 8.14. The van der Waals surface area contributed by atoms with E-state index in [-0.39, 0.29) is 0 Å². The van der Waals surface area contributed by atoms with E-state index in [9.17, 15) is 0 Å². The summed E-state index contributed by atoms with van der Waals surface area (Å²) in [5, 5.41) is 3.38. The largest absolute Gasteiger partial charge is 0.399 e. The second-order valence-electron chi connectivity index (χ2n) is 6.04. The molecule has 1 heterocycles. The highest BCUT2D eigenvalue weighted by molar-refractivity contribution is 5.90. The van der Waals surface area contributed by atoms with Crippen LogP contribution in [0.5, 0.6) is 0 Å². The van der Waals surface area contributed by atoms with Gasteiger partial charge in [0, 0.05) is 16.9 Å². The molecule has 0 aliphatic heterocycles. The van der Waals surface area contributed by atoms with Crippen LogP contribution in [0, 0.1) is 6.92 Å². The molecule has 0 saturated heterocycles. The zero-order valence-corrected chi connectivity index (χ0v) is 13.9. The van der Waals surface area contributed by atoms with Crippen LogP contribution in [-0.2, 0) is 0 Å². The van der Waals surface area contributed by atoms with Crippen LogP contribution in [0.15, 0.2) is 72.9 Å². The average molecular weight is 326 g/mol. The topological polar surface area (TPSA) is 63.8 Å². The molecule has 122 valence electrons. The molecule has 3 aromatic carbocycles. The molecular formula is C21H18N4. The molecule has 0 unspecified atom stereocenters. The van der Waals surface area contributed by atoms with Gasteiger partial charge in [0.25, 0.3) is 0 Å². The van der Waals surface area contributed by atoms with Crippen molar-refractivity contribution in [2.75, 3.05) is 11.1 Å². The van der Waals surface area contributed by atoms with Gasteiger partial charge < -0.3 is 11.1 Å².